The molecule has 0 bridgehead atoms. The number of benzene rings is 3. The number of nitrogens with zero attached hydrogens (tertiary/aromatic N) is 1. The molecule has 0 fully saturated rings. The topological polar surface area (TPSA) is 67.0 Å². The predicted octanol–water partition coefficient (Wildman–Crippen LogP) is 5.56. The Morgan fingerprint density at radius 2 is 1.86 bits per heavy atom. The van der Waals surface area contributed by atoms with E-state index in [-0.39, 0.29) is 5.91 Å². The molecule has 0 unspecified atom stereocenters. The Bertz CT molecular complexity index is 1160. The Morgan fingerprint density at radius 3 is 2.62 bits per heavy atom. The Morgan fingerprint density at radius 1 is 1.07 bits per heavy atom. The van der Waals surface area contributed by atoms with Crippen molar-refractivity contribution in [2.45, 2.75) is 0 Å². The molecule has 1 heterocycles. The fraction of sp³-hybridized carbons (Fsp3) is 0.0435. The van der Waals surface area contributed by atoms with E-state index in [4.69, 9.17) is 16.3 Å². The van der Waals surface area contributed by atoms with Gasteiger partial charge in [-0.25, -0.2) is 4.98 Å². The number of anilines is 1. The van der Waals surface area contributed by atoms with Crippen molar-refractivity contribution >= 4 is 45.3 Å². The second-order valence-corrected chi connectivity index (χ2v) is 6.81. The SMILES string of the molecule is COc1ccc(C(=O)Nc2cccc(C=C(Cl)c3nc4ccccc4[nH]3)c2)cc1. The zero-order chi connectivity index (χ0) is 20.2. The van der Waals surface area contributed by atoms with Crippen LogP contribution in [0.5, 0.6) is 5.75 Å². The van der Waals surface area contributed by atoms with Crippen LogP contribution in [0.1, 0.15) is 21.7 Å². The lowest BCUT2D eigenvalue weighted by atomic mass is 10.1. The van der Waals surface area contributed by atoms with Crippen LogP contribution in [-0.2, 0) is 0 Å². The molecule has 0 aliphatic heterocycles. The van der Waals surface area contributed by atoms with Gasteiger partial charge in [-0.2, -0.15) is 0 Å². The largest absolute Gasteiger partial charge is 0.497 e. The first-order chi connectivity index (χ1) is 14.1. The molecule has 6 heteroatoms. The van der Waals surface area contributed by atoms with Gasteiger partial charge in [-0.1, -0.05) is 35.9 Å². The number of carbonyl (C=O) groups is 1. The van der Waals surface area contributed by atoms with E-state index in [0.717, 1.165) is 16.6 Å². The summed E-state index contributed by atoms with van der Waals surface area (Å²) in [5, 5.41) is 3.38. The number of para-hydroxylation sites is 2. The number of imidazole rings is 1. The van der Waals surface area contributed by atoms with Gasteiger partial charge in [0.05, 0.1) is 23.2 Å². The van der Waals surface area contributed by atoms with Gasteiger partial charge in [0.15, 0.2) is 0 Å². The second kappa shape index (κ2) is 8.20. The van der Waals surface area contributed by atoms with Crippen molar-refractivity contribution < 1.29 is 9.53 Å². The third-order valence-corrected chi connectivity index (χ3v) is 4.69. The first-order valence-corrected chi connectivity index (χ1v) is 9.38. The number of amides is 1. The predicted molar refractivity (Wildman–Crippen MR) is 117 cm³/mol. The number of aromatic amines is 1. The summed E-state index contributed by atoms with van der Waals surface area (Å²) < 4.78 is 5.12. The lowest BCUT2D eigenvalue weighted by Crippen LogP contribution is -2.11. The van der Waals surface area contributed by atoms with E-state index >= 15 is 0 Å². The maximum Gasteiger partial charge on any atom is 0.255 e. The highest BCUT2D eigenvalue weighted by Gasteiger charge is 2.08. The van der Waals surface area contributed by atoms with Gasteiger partial charge in [0, 0.05) is 11.3 Å². The molecule has 29 heavy (non-hydrogen) atoms. The monoisotopic (exact) mass is 403 g/mol. The first kappa shape index (κ1) is 18.8. The Balaban J connectivity index is 1.53. The number of aromatic nitrogens is 2. The minimum absolute atomic E-state index is 0.197. The van der Waals surface area contributed by atoms with Crippen molar-refractivity contribution in [2.75, 3.05) is 12.4 Å². The molecule has 3 aromatic carbocycles. The minimum atomic E-state index is -0.197. The van der Waals surface area contributed by atoms with E-state index < -0.39 is 0 Å². The highest BCUT2D eigenvalue weighted by Crippen LogP contribution is 2.24. The van der Waals surface area contributed by atoms with Crippen LogP contribution in [0.4, 0.5) is 5.69 Å². The summed E-state index contributed by atoms with van der Waals surface area (Å²) in [6.45, 7) is 0. The van der Waals surface area contributed by atoms with E-state index in [2.05, 4.69) is 15.3 Å². The van der Waals surface area contributed by atoms with Crippen LogP contribution in [0.2, 0.25) is 0 Å². The molecule has 1 amide bonds. The fourth-order valence-electron chi connectivity index (χ4n) is 2.93. The van der Waals surface area contributed by atoms with Crippen LogP contribution in [0.15, 0.2) is 72.8 Å². The van der Waals surface area contributed by atoms with Gasteiger partial charge >= 0.3 is 0 Å². The third-order valence-electron chi connectivity index (χ3n) is 4.41. The molecule has 5 nitrogen and oxygen atoms in total. The lowest BCUT2D eigenvalue weighted by Gasteiger charge is -2.07. The zero-order valence-electron chi connectivity index (χ0n) is 15.6. The zero-order valence-corrected chi connectivity index (χ0v) is 16.4. The Hall–Kier alpha value is -3.57. The van der Waals surface area contributed by atoms with Gasteiger partial charge in [0.1, 0.15) is 11.6 Å². The quantitative estimate of drug-likeness (QED) is 0.458. The number of fused-ring (bicyclic) bond motifs is 1. The second-order valence-electron chi connectivity index (χ2n) is 6.40. The number of rotatable bonds is 5. The number of nitrogens with one attached hydrogen (secondary N) is 2. The van der Waals surface area contributed by atoms with E-state index in [0.29, 0.717) is 27.9 Å². The average Bonchev–Trinajstić information content (AvgIpc) is 3.18. The van der Waals surface area contributed by atoms with E-state index in [1.54, 1.807) is 31.4 Å². The smallest absolute Gasteiger partial charge is 0.255 e. The maximum absolute atomic E-state index is 12.5. The van der Waals surface area contributed by atoms with Crippen molar-refractivity contribution in [3.63, 3.8) is 0 Å². The van der Waals surface area contributed by atoms with Gasteiger partial charge < -0.3 is 15.0 Å². The first-order valence-electron chi connectivity index (χ1n) is 9.00. The average molecular weight is 404 g/mol. The van der Waals surface area contributed by atoms with Crippen molar-refractivity contribution in [1.82, 2.24) is 9.97 Å². The molecule has 0 radical (unpaired) electrons. The number of H-pyrrole nitrogens is 1. The molecule has 0 aliphatic carbocycles. The summed E-state index contributed by atoms with van der Waals surface area (Å²) in [6, 6.07) is 22.1. The molecule has 0 saturated carbocycles. The Kier molecular flexibility index (Phi) is 5.31. The number of hydrogen-bond acceptors (Lipinski definition) is 3. The van der Waals surface area contributed by atoms with Crippen LogP contribution >= 0.6 is 11.6 Å². The highest BCUT2D eigenvalue weighted by atomic mass is 35.5. The molecular weight excluding hydrogens is 386 g/mol. The van der Waals surface area contributed by atoms with Gasteiger partial charge in [-0.15, -0.1) is 0 Å². The van der Waals surface area contributed by atoms with Gasteiger partial charge in [0.25, 0.3) is 5.91 Å². The van der Waals surface area contributed by atoms with Crippen LogP contribution < -0.4 is 10.1 Å². The van der Waals surface area contributed by atoms with Crippen molar-refractivity contribution in [3.05, 3.63) is 89.7 Å². The molecule has 1 aromatic heterocycles. The van der Waals surface area contributed by atoms with E-state index in [1.165, 1.54) is 0 Å². The number of halogens is 1. The van der Waals surface area contributed by atoms with Crippen molar-refractivity contribution in [3.8, 4) is 5.75 Å². The fourth-order valence-corrected chi connectivity index (χ4v) is 3.15. The minimum Gasteiger partial charge on any atom is -0.497 e. The Labute approximate surface area is 173 Å². The molecule has 2 N–H and O–H groups in total. The molecule has 0 spiro atoms. The molecule has 0 aliphatic rings. The highest BCUT2D eigenvalue weighted by molar-refractivity contribution is 6.50. The summed E-state index contributed by atoms with van der Waals surface area (Å²) in [4.78, 5) is 20.2. The summed E-state index contributed by atoms with van der Waals surface area (Å²) in [6.07, 6.45) is 1.81. The lowest BCUT2D eigenvalue weighted by molar-refractivity contribution is 0.102. The van der Waals surface area contributed by atoms with Gasteiger partial charge in [-0.3, -0.25) is 4.79 Å². The molecule has 144 valence electrons. The summed E-state index contributed by atoms with van der Waals surface area (Å²) in [5.41, 5.74) is 3.85. The number of hydrogen-bond donors (Lipinski definition) is 2. The molecule has 4 aromatic rings. The van der Waals surface area contributed by atoms with Crippen molar-refractivity contribution in [2.24, 2.45) is 0 Å². The molecule has 0 saturated heterocycles. The number of ether oxygens (including phenoxy) is 1. The van der Waals surface area contributed by atoms with E-state index in [1.807, 2.05) is 54.6 Å². The van der Waals surface area contributed by atoms with Crippen LogP contribution in [0.25, 0.3) is 22.1 Å². The summed E-state index contributed by atoms with van der Waals surface area (Å²) >= 11 is 6.46. The van der Waals surface area contributed by atoms with Gasteiger partial charge in [0.2, 0.25) is 0 Å². The number of carbonyl (C=O) groups excluding carboxylic acids is 1. The normalized spacial score (nSPS) is 11.4. The van der Waals surface area contributed by atoms with E-state index in [9.17, 15) is 4.79 Å². The van der Waals surface area contributed by atoms with Crippen LogP contribution in [-0.4, -0.2) is 23.0 Å². The van der Waals surface area contributed by atoms with Crippen LogP contribution in [0, 0.1) is 0 Å². The van der Waals surface area contributed by atoms with Crippen LogP contribution in [0.3, 0.4) is 0 Å². The summed E-state index contributed by atoms with van der Waals surface area (Å²) in [5.74, 6) is 1.10. The third kappa shape index (κ3) is 4.31. The van der Waals surface area contributed by atoms with Gasteiger partial charge in [-0.05, 0) is 60.2 Å². The molecule has 0 atom stereocenters. The molecular formula is C23H18ClN3O2. The standard InChI is InChI=1S/C23H18ClN3O2/c1-29-18-11-9-16(10-12-18)23(28)25-17-6-4-5-15(13-17)14-19(24)22-26-20-7-2-3-8-21(20)27-22/h2-14H,1H3,(H,25,28)(H,26,27). The summed E-state index contributed by atoms with van der Waals surface area (Å²) in [7, 11) is 1.59. The maximum atomic E-state index is 12.5. The van der Waals surface area contributed by atoms with Crippen molar-refractivity contribution in [1.29, 1.82) is 0 Å². The molecule has 4 rings (SSSR count). The number of methoxy groups -OCH3 is 1.